The Morgan fingerprint density at radius 2 is 1.00 bits per heavy atom. The molecule has 0 saturated heterocycles. The van der Waals surface area contributed by atoms with Crippen molar-refractivity contribution in [3.63, 3.8) is 0 Å². The van der Waals surface area contributed by atoms with E-state index in [1.54, 1.807) is 42.3 Å². The molecule has 0 amide bonds. The summed E-state index contributed by atoms with van der Waals surface area (Å²) in [5, 5.41) is 10.5. The van der Waals surface area contributed by atoms with Crippen LogP contribution in [0, 0.1) is 5.41 Å². The first-order chi connectivity index (χ1) is 8.82. The zero-order chi connectivity index (χ0) is 15.7. The molecular formula is C16H33N3Ti. The molecule has 0 N–H and O–H groups in total. The van der Waals surface area contributed by atoms with Gasteiger partial charge in [0.1, 0.15) is 0 Å². The van der Waals surface area contributed by atoms with Crippen molar-refractivity contribution in [1.82, 2.24) is 0 Å². The van der Waals surface area contributed by atoms with Crippen molar-refractivity contribution in [2.24, 2.45) is 5.41 Å². The van der Waals surface area contributed by atoms with Crippen LogP contribution in [0.5, 0.6) is 0 Å². The van der Waals surface area contributed by atoms with Gasteiger partial charge in [-0.3, -0.25) is 0 Å². The molecule has 0 fully saturated rings. The molecule has 0 unspecified atom stereocenters. The van der Waals surface area contributed by atoms with E-state index in [1.807, 2.05) is 0 Å². The van der Waals surface area contributed by atoms with Crippen LogP contribution in [-0.4, -0.2) is 42.3 Å². The van der Waals surface area contributed by atoms with Gasteiger partial charge in [-0.2, -0.15) is 60.0 Å². The Hall–Kier alpha value is -0.0557. The predicted octanol–water partition coefficient (Wildman–Crippen LogP) is 4.85. The minimum absolute atomic E-state index is 0. The zero-order valence-corrected chi connectivity index (χ0v) is 16.4. The van der Waals surface area contributed by atoms with Crippen molar-refractivity contribution >= 4 is 0 Å². The van der Waals surface area contributed by atoms with Crippen molar-refractivity contribution in [1.29, 1.82) is 0 Å². The van der Waals surface area contributed by atoms with Gasteiger partial charge in [-0.1, -0.05) is 27.2 Å². The van der Waals surface area contributed by atoms with Crippen LogP contribution >= 0.6 is 0 Å². The largest absolute Gasteiger partial charge is 4.00 e. The fraction of sp³-hybridized carbons (Fsp3) is 0.688. The van der Waals surface area contributed by atoms with Crippen LogP contribution in [0.1, 0.15) is 26.3 Å². The summed E-state index contributed by atoms with van der Waals surface area (Å²) in [6, 6.07) is 8.57. The zero-order valence-electron chi connectivity index (χ0n) is 14.9. The summed E-state index contributed by atoms with van der Waals surface area (Å²) < 4.78 is 0. The fourth-order valence-corrected chi connectivity index (χ4v) is 1.14. The molecule has 1 aromatic carbocycles. The van der Waals surface area contributed by atoms with Gasteiger partial charge in [0, 0.05) is 0 Å². The molecule has 0 atom stereocenters. The van der Waals surface area contributed by atoms with E-state index >= 15 is 0 Å². The molecule has 0 aliphatic heterocycles. The Bertz CT molecular complexity index is 224. The minimum atomic E-state index is 0. The summed E-state index contributed by atoms with van der Waals surface area (Å²) in [6.07, 6.45) is 1.18. The molecule has 0 radical (unpaired) electrons. The molecule has 0 bridgehead atoms. The number of rotatable bonds is 1. The van der Waals surface area contributed by atoms with E-state index < -0.39 is 0 Å². The summed E-state index contributed by atoms with van der Waals surface area (Å²) >= 11 is 0. The van der Waals surface area contributed by atoms with Crippen molar-refractivity contribution in [3.8, 4) is 0 Å². The third-order valence-electron chi connectivity index (χ3n) is 1.47. The maximum Gasteiger partial charge on any atom is 4.00 e. The third kappa shape index (κ3) is 36.1. The Morgan fingerprint density at radius 3 is 1.20 bits per heavy atom. The summed E-state index contributed by atoms with van der Waals surface area (Å²) in [7, 11) is 10.5. The Kier molecular flexibility index (Phi) is 29.9. The second-order valence-corrected chi connectivity index (χ2v) is 5.37. The van der Waals surface area contributed by atoms with Gasteiger partial charge in [0.25, 0.3) is 0 Å². The van der Waals surface area contributed by atoms with Crippen LogP contribution in [0.25, 0.3) is 16.0 Å². The average Bonchev–Trinajstić information content (AvgIpc) is 2.71. The molecule has 1 rings (SSSR count). The van der Waals surface area contributed by atoms with Gasteiger partial charge >= 0.3 is 21.7 Å². The molecule has 0 aliphatic rings. The molecule has 0 spiro atoms. The van der Waals surface area contributed by atoms with Crippen molar-refractivity contribution in [2.75, 3.05) is 42.3 Å². The van der Waals surface area contributed by atoms with Crippen molar-refractivity contribution in [2.45, 2.75) is 27.2 Å². The quantitative estimate of drug-likeness (QED) is 0.525. The molecule has 0 saturated carbocycles. The molecule has 4 heteroatoms. The molecule has 20 heavy (non-hydrogen) atoms. The molecule has 3 nitrogen and oxygen atoms in total. The van der Waals surface area contributed by atoms with E-state index in [0.717, 1.165) is 0 Å². The van der Waals surface area contributed by atoms with Crippen LogP contribution in [0.4, 0.5) is 0 Å². The van der Waals surface area contributed by atoms with Crippen molar-refractivity contribution in [3.05, 3.63) is 45.8 Å². The van der Waals surface area contributed by atoms with E-state index in [0.29, 0.717) is 5.41 Å². The Balaban J connectivity index is -0.000000108. The van der Waals surface area contributed by atoms with Crippen LogP contribution in [0.3, 0.4) is 0 Å². The van der Waals surface area contributed by atoms with E-state index in [9.17, 15) is 0 Å². The minimum Gasteiger partial charge on any atom is -0.668 e. The second-order valence-electron chi connectivity index (χ2n) is 5.37. The second kappa shape index (κ2) is 21.2. The van der Waals surface area contributed by atoms with Gasteiger partial charge in [-0.25, -0.2) is 12.1 Å². The standard InChI is InChI=1S/C10H15.3C2H6N.Ti/c1-10(2,3)8-9-6-4-5-7-9;3*1-3-2;/h4-7H,8H2,1-3H3;3*1-2H3;/q4*-1;+4. The maximum atomic E-state index is 3.50. The fourth-order valence-electron chi connectivity index (χ4n) is 1.14. The van der Waals surface area contributed by atoms with Crippen LogP contribution < -0.4 is 0 Å². The number of hydrogen-bond donors (Lipinski definition) is 0. The Labute approximate surface area is 142 Å². The third-order valence-corrected chi connectivity index (χ3v) is 1.47. The summed E-state index contributed by atoms with van der Waals surface area (Å²) in [4.78, 5) is 0. The van der Waals surface area contributed by atoms with E-state index in [4.69, 9.17) is 0 Å². The molecule has 0 aliphatic carbocycles. The summed E-state index contributed by atoms with van der Waals surface area (Å²) in [6.45, 7) is 6.79. The van der Waals surface area contributed by atoms with E-state index in [1.165, 1.54) is 12.0 Å². The van der Waals surface area contributed by atoms with E-state index in [2.05, 4.69) is 61.0 Å². The first-order valence-electron chi connectivity index (χ1n) is 6.47. The van der Waals surface area contributed by atoms with Gasteiger partial charge < -0.3 is 16.0 Å². The van der Waals surface area contributed by atoms with Gasteiger partial charge in [-0.15, -0.1) is 0 Å². The normalized spacial score (nSPS) is 8.65. The first kappa shape index (κ1) is 28.2. The average molecular weight is 315 g/mol. The topological polar surface area (TPSA) is 42.3 Å². The van der Waals surface area contributed by atoms with Crippen LogP contribution in [0.15, 0.2) is 24.3 Å². The van der Waals surface area contributed by atoms with Gasteiger partial charge in [0.05, 0.1) is 0 Å². The predicted molar refractivity (Wildman–Crippen MR) is 90.8 cm³/mol. The Morgan fingerprint density at radius 1 is 0.750 bits per heavy atom. The van der Waals surface area contributed by atoms with Gasteiger partial charge in [0.2, 0.25) is 0 Å². The van der Waals surface area contributed by atoms with E-state index in [-0.39, 0.29) is 21.7 Å². The monoisotopic (exact) mass is 315 g/mol. The maximum absolute atomic E-state index is 3.50. The van der Waals surface area contributed by atoms with Crippen LogP contribution in [-0.2, 0) is 28.1 Å². The number of nitrogens with zero attached hydrogens (tertiary/aromatic N) is 3. The van der Waals surface area contributed by atoms with Gasteiger partial charge in [-0.05, 0) is 5.41 Å². The molecule has 0 aromatic heterocycles. The first-order valence-corrected chi connectivity index (χ1v) is 6.47. The smallest absolute Gasteiger partial charge is 0.668 e. The van der Waals surface area contributed by atoms with Crippen molar-refractivity contribution < 1.29 is 21.7 Å². The van der Waals surface area contributed by atoms with Gasteiger partial charge in [0.15, 0.2) is 0 Å². The summed E-state index contributed by atoms with van der Waals surface area (Å²) in [5.74, 6) is 0. The molecule has 116 valence electrons. The number of hydrogen-bond acceptors (Lipinski definition) is 0. The SMILES string of the molecule is CC(C)(C)C[c-]1cccc1.C[N-]C.C[N-]C.C[N-]C.[Ti+4]. The molecule has 1 aromatic rings. The molecular weight excluding hydrogens is 282 g/mol. The van der Waals surface area contributed by atoms with Crippen LogP contribution in [0.2, 0.25) is 0 Å². The molecule has 0 heterocycles. The summed E-state index contributed by atoms with van der Waals surface area (Å²) in [5.41, 5.74) is 1.88.